The van der Waals surface area contributed by atoms with Gasteiger partial charge in [0.25, 0.3) is 0 Å². The lowest BCUT2D eigenvalue weighted by atomic mass is 10.3. The minimum Gasteiger partial charge on any atom is -0.314 e. The van der Waals surface area contributed by atoms with Gasteiger partial charge in [0.05, 0.1) is 16.3 Å². The average molecular weight is 219 g/mol. The van der Waals surface area contributed by atoms with Gasteiger partial charge in [-0.2, -0.15) is 0 Å². The zero-order valence-corrected chi connectivity index (χ0v) is 9.64. The Morgan fingerprint density at radius 2 is 2.27 bits per heavy atom. The molecule has 0 atom stereocenters. The molecule has 3 nitrogen and oxygen atoms in total. The second-order valence-electron chi connectivity index (χ2n) is 3.27. The number of pyridine rings is 1. The molecule has 0 aliphatic carbocycles. The first-order valence-electron chi connectivity index (χ1n) is 4.83. The monoisotopic (exact) mass is 219 g/mol. The number of thiazole rings is 1. The molecule has 0 amide bonds. The Kier molecular flexibility index (Phi) is 3.08. The molecule has 1 N–H and O–H groups in total. The summed E-state index contributed by atoms with van der Waals surface area (Å²) in [5.74, 6) is 0. The lowest BCUT2D eigenvalue weighted by molar-refractivity contribution is 0.807. The van der Waals surface area contributed by atoms with Gasteiger partial charge >= 0.3 is 0 Å². The molecule has 0 bridgehead atoms. The zero-order valence-electron chi connectivity index (χ0n) is 8.82. The van der Waals surface area contributed by atoms with Gasteiger partial charge in [-0.15, -0.1) is 11.3 Å². The van der Waals surface area contributed by atoms with Crippen LogP contribution >= 0.6 is 11.3 Å². The molecular weight excluding hydrogens is 206 g/mol. The number of hydrogen-bond acceptors (Lipinski definition) is 4. The number of hydrogen-bond donors (Lipinski definition) is 1. The van der Waals surface area contributed by atoms with Gasteiger partial charge in [0.2, 0.25) is 0 Å². The highest BCUT2D eigenvalue weighted by molar-refractivity contribution is 7.15. The van der Waals surface area contributed by atoms with Crippen LogP contribution in [0.3, 0.4) is 0 Å². The molecule has 0 fully saturated rings. The summed E-state index contributed by atoms with van der Waals surface area (Å²) >= 11 is 1.70. The molecule has 0 spiro atoms. The van der Waals surface area contributed by atoms with Gasteiger partial charge in [0, 0.05) is 12.7 Å². The highest BCUT2D eigenvalue weighted by Crippen LogP contribution is 2.27. The van der Waals surface area contributed by atoms with E-state index >= 15 is 0 Å². The van der Waals surface area contributed by atoms with Crippen LogP contribution < -0.4 is 5.32 Å². The molecule has 0 unspecified atom stereocenters. The Labute approximate surface area is 93.2 Å². The molecule has 2 aromatic rings. The van der Waals surface area contributed by atoms with Gasteiger partial charge in [-0.1, -0.05) is 6.07 Å². The summed E-state index contributed by atoms with van der Waals surface area (Å²) in [6.45, 7) is 2.85. The molecule has 0 aliphatic heterocycles. The van der Waals surface area contributed by atoms with Crippen LogP contribution in [-0.2, 0) is 6.54 Å². The van der Waals surface area contributed by atoms with Gasteiger partial charge in [-0.05, 0) is 26.1 Å². The zero-order chi connectivity index (χ0) is 10.7. The predicted molar refractivity (Wildman–Crippen MR) is 62.8 cm³/mol. The Hall–Kier alpha value is -1.26. The fourth-order valence-corrected chi connectivity index (χ4v) is 2.47. The van der Waals surface area contributed by atoms with E-state index in [1.54, 1.807) is 11.3 Å². The van der Waals surface area contributed by atoms with Crippen LogP contribution in [0.4, 0.5) is 0 Å². The van der Waals surface area contributed by atoms with Crippen molar-refractivity contribution in [3.05, 3.63) is 35.1 Å². The molecular formula is C11H13N3S. The summed E-state index contributed by atoms with van der Waals surface area (Å²) < 4.78 is 0. The fourth-order valence-electron chi connectivity index (χ4n) is 1.41. The third-order valence-electron chi connectivity index (χ3n) is 2.07. The Bertz CT molecular complexity index is 436. The normalized spacial score (nSPS) is 10.5. The van der Waals surface area contributed by atoms with Crippen LogP contribution in [0.1, 0.15) is 10.7 Å². The maximum absolute atomic E-state index is 4.49. The van der Waals surface area contributed by atoms with Crippen molar-refractivity contribution in [2.24, 2.45) is 0 Å². The van der Waals surface area contributed by atoms with Gasteiger partial charge in [-0.25, -0.2) is 4.98 Å². The Morgan fingerprint density at radius 1 is 1.40 bits per heavy atom. The smallest absolute Gasteiger partial charge is 0.107 e. The summed E-state index contributed by atoms with van der Waals surface area (Å²) in [5, 5.41) is 4.21. The SMILES string of the molecule is CNCc1nc(C)c(-c2ccccn2)s1. The summed E-state index contributed by atoms with van der Waals surface area (Å²) in [7, 11) is 1.93. The van der Waals surface area contributed by atoms with E-state index in [9.17, 15) is 0 Å². The molecule has 4 heteroatoms. The van der Waals surface area contributed by atoms with Crippen molar-refractivity contribution in [1.82, 2.24) is 15.3 Å². The maximum Gasteiger partial charge on any atom is 0.107 e. The minimum atomic E-state index is 0.818. The summed E-state index contributed by atoms with van der Waals surface area (Å²) in [6.07, 6.45) is 1.81. The molecule has 0 radical (unpaired) electrons. The lowest BCUT2D eigenvalue weighted by Crippen LogP contribution is -2.04. The molecule has 0 saturated heterocycles. The standard InChI is InChI=1S/C11H13N3S/c1-8-11(9-5-3-4-6-13-9)15-10(14-8)7-12-2/h3-6,12H,7H2,1-2H3. The summed E-state index contributed by atoms with van der Waals surface area (Å²) in [5.41, 5.74) is 2.07. The van der Waals surface area contributed by atoms with E-state index in [1.165, 1.54) is 4.88 Å². The van der Waals surface area contributed by atoms with Crippen LogP contribution in [0, 0.1) is 6.92 Å². The average Bonchev–Trinajstić information content (AvgIpc) is 2.61. The lowest BCUT2D eigenvalue weighted by Gasteiger charge is -1.95. The predicted octanol–water partition coefficient (Wildman–Crippen LogP) is 2.23. The van der Waals surface area contributed by atoms with E-state index in [1.807, 2.05) is 38.4 Å². The van der Waals surface area contributed by atoms with Crippen molar-refractivity contribution in [2.75, 3.05) is 7.05 Å². The molecule has 0 aliphatic rings. The van der Waals surface area contributed by atoms with Gasteiger partial charge < -0.3 is 5.32 Å². The molecule has 2 rings (SSSR count). The molecule has 15 heavy (non-hydrogen) atoms. The van der Waals surface area contributed by atoms with Crippen LogP contribution in [0.5, 0.6) is 0 Å². The van der Waals surface area contributed by atoms with E-state index < -0.39 is 0 Å². The van der Waals surface area contributed by atoms with E-state index in [2.05, 4.69) is 15.3 Å². The molecule has 0 saturated carbocycles. The Balaban J connectivity index is 2.36. The fraction of sp³-hybridized carbons (Fsp3) is 0.273. The quantitative estimate of drug-likeness (QED) is 0.860. The first-order chi connectivity index (χ1) is 7.31. The third kappa shape index (κ3) is 2.22. The first kappa shape index (κ1) is 10.3. The van der Waals surface area contributed by atoms with Crippen LogP contribution in [0.25, 0.3) is 10.6 Å². The second-order valence-corrected chi connectivity index (χ2v) is 4.35. The summed E-state index contributed by atoms with van der Waals surface area (Å²) in [6, 6.07) is 5.94. The largest absolute Gasteiger partial charge is 0.314 e. The number of nitrogens with one attached hydrogen (secondary N) is 1. The van der Waals surface area contributed by atoms with Gasteiger partial charge in [0.15, 0.2) is 0 Å². The Morgan fingerprint density at radius 3 is 2.93 bits per heavy atom. The van der Waals surface area contributed by atoms with E-state index in [0.29, 0.717) is 0 Å². The molecule has 2 aromatic heterocycles. The molecule has 78 valence electrons. The minimum absolute atomic E-state index is 0.818. The number of rotatable bonds is 3. The van der Waals surface area contributed by atoms with Gasteiger partial charge in [0.1, 0.15) is 5.01 Å². The van der Waals surface area contributed by atoms with Crippen molar-refractivity contribution in [1.29, 1.82) is 0 Å². The first-order valence-corrected chi connectivity index (χ1v) is 5.65. The van der Waals surface area contributed by atoms with Crippen molar-refractivity contribution in [2.45, 2.75) is 13.5 Å². The maximum atomic E-state index is 4.49. The third-order valence-corrected chi connectivity index (χ3v) is 3.25. The van der Waals surface area contributed by atoms with Crippen LogP contribution in [0.2, 0.25) is 0 Å². The van der Waals surface area contributed by atoms with Crippen molar-refractivity contribution in [3.8, 4) is 10.6 Å². The van der Waals surface area contributed by atoms with Crippen molar-refractivity contribution in [3.63, 3.8) is 0 Å². The van der Waals surface area contributed by atoms with E-state index in [-0.39, 0.29) is 0 Å². The number of aromatic nitrogens is 2. The highest BCUT2D eigenvalue weighted by atomic mass is 32.1. The van der Waals surface area contributed by atoms with Crippen molar-refractivity contribution >= 4 is 11.3 Å². The number of aryl methyl sites for hydroxylation is 1. The number of nitrogens with zero attached hydrogens (tertiary/aromatic N) is 2. The van der Waals surface area contributed by atoms with E-state index in [4.69, 9.17) is 0 Å². The highest BCUT2D eigenvalue weighted by Gasteiger charge is 2.09. The van der Waals surface area contributed by atoms with Gasteiger partial charge in [-0.3, -0.25) is 4.98 Å². The molecule has 2 heterocycles. The topological polar surface area (TPSA) is 37.8 Å². The summed E-state index contributed by atoms with van der Waals surface area (Å²) in [4.78, 5) is 9.99. The van der Waals surface area contributed by atoms with E-state index in [0.717, 1.165) is 22.9 Å². The van der Waals surface area contributed by atoms with Crippen LogP contribution in [0.15, 0.2) is 24.4 Å². The molecule has 0 aromatic carbocycles. The van der Waals surface area contributed by atoms with Crippen molar-refractivity contribution < 1.29 is 0 Å². The second kappa shape index (κ2) is 4.51. The van der Waals surface area contributed by atoms with Crippen LogP contribution in [-0.4, -0.2) is 17.0 Å².